The van der Waals surface area contributed by atoms with Crippen molar-refractivity contribution in [2.75, 3.05) is 6.61 Å². The van der Waals surface area contributed by atoms with Crippen LogP contribution in [0.4, 0.5) is 13.2 Å². The zero-order valence-electron chi connectivity index (χ0n) is 10.7. The van der Waals surface area contributed by atoms with E-state index in [1.165, 1.54) is 13.0 Å². The summed E-state index contributed by atoms with van der Waals surface area (Å²) in [5.41, 5.74) is 6.07. The summed E-state index contributed by atoms with van der Waals surface area (Å²) < 4.78 is 35.9. The highest BCUT2D eigenvalue weighted by molar-refractivity contribution is 5.20. The summed E-state index contributed by atoms with van der Waals surface area (Å²) >= 11 is 0. The Kier molecular flexibility index (Phi) is 7.62. The second kappa shape index (κ2) is 8.11. The summed E-state index contributed by atoms with van der Waals surface area (Å²) in [5, 5.41) is 8.59. The van der Waals surface area contributed by atoms with Crippen LogP contribution in [0, 0.1) is 5.82 Å². The van der Waals surface area contributed by atoms with Gasteiger partial charge in [0.25, 0.3) is 0 Å². The number of alkyl halides is 2. The molecule has 1 atom stereocenters. The second-order valence-corrected chi connectivity index (χ2v) is 4.06. The number of rotatable bonds is 4. The van der Waals surface area contributed by atoms with E-state index in [0.717, 1.165) is 6.92 Å². The molecule has 18 heavy (non-hydrogen) atoms. The molecule has 1 aromatic carbocycles. The third-order valence-electron chi connectivity index (χ3n) is 2.37. The lowest BCUT2D eigenvalue weighted by Gasteiger charge is -2.10. The van der Waals surface area contributed by atoms with Gasteiger partial charge >= 0.3 is 0 Å². The van der Waals surface area contributed by atoms with Gasteiger partial charge in [0.2, 0.25) is 5.92 Å². The maximum Gasteiger partial charge on any atom is 0.245 e. The monoisotopic (exact) mass is 263 g/mol. The predicted molar refractivity (Wildman–Crippen MR) is 65.9 cm³/mol. The zero-order chi connectivity index (χ0) is 14.2. The van der Waals surface area contributed by atoms with Crippen LogP contribution >= 0.6 is 0 Å². The van der Waals surface area contributed by atoms with E-state index in [-0.39, 0.29) is 18.8 Å². The van der Waals surface area contributed by atoms with Gasteiger partial charge in [0.15, 0.2) is 0 Å². The number of nitrogens with two attached hydrogens (primary N) is 1. The Balaban J connectivity index is 0.000000411. The van der Waals surface area contributed by atoms with E-state index in [0.29, 0.717) is 12.0 Å². The van der Waals surface area contributed by atoms with Crippen molar-refractivity contribution in [3.05, 3.63) is 35.6 Å². The van der Waals surface area contributed by atoms with Crippen molar-refractivity contribution in [3.63, 3.8) is 0 Å². The molecule has 0 amide bonds. The Morgan fingerprint density at radius 2 is 1.83 bits per heavy atom. The highest BCUT2D eigenvalue weighted by atomic mass is 19.3. The first-order chi connectivity index (χ1) is 8.31. The van der Waals surface area contributed by atoms with Gasteiger partial charge in [-0.15, -0.1) is 0 Å². The molecule has 0 saturated heterocycles. The van der Waals surface area contributed by atoms with E-state index >= 15 is 0 Å². The number of halogens is 3. The van der Waals surface area contributed by atoms with Crippen molar-refractivity contribution in [2.45, 2.75) is 38.7 Å². The molecule has 0 aliphatic heterocycles. The normalized spacial score (nSPS) is 12.6. The standard InChI is InChI=1S/C9H12FNO.C4H8F2/c10-8-4-2-1-3-7(8)9(11)5-6-12;1-3-4(2,5)6/h1-4,9,12H,5-6,11H2;3H2,1-2H3. The lowest BCUT2D eigenvalue weighted by Crippen LogP contribution is -2.13. The lowest BCUT2D eigenvalue weighted by molar-refractivity contribution is 0.0181. The summed E-state index contributed by atoms with van der Waals surface area (Å²) in [6.07, 6.45) is 0.327. The summed E-state index contributed by atoms with van der Waals surface area (Å²) in [5.74, 6) is -2.77. The van der Waals surface area contributed by atoms with Crippen LogP contribution in [0.2, 0.25) is 0 Å². The van der Waals surface area contributed by atoms with Crippen LogP contribution in [0.3, 0.4) is 0 Å². The van der Waals surface area contributed by atoms with Crippen LogP contribution in [0.25, 0.3) is 0 Å². The first kappa shape index (κ1) is 16.9. The molecule has 104 valence electrons. The van der Waals surface area contributed by atoms with Crippen molar-refractivity contribution in [1.29, 1.82) is 0 Å². The molecule has 0 spiro atoms. The number of benzene rings is 1. The summed E-state index contributed by atoms with van der Waals surface area (Å²) in [6.45, 7) is 2.35. The van der Waals surface area contributed by atoms with Gasteiger partial charge in [-0.1, -0.05) is 25.1 Å². The van der Waals surface area contributed by atoms with E-state index in [2.05, 4.69) is 0 Å². The minimum absolute atomic E-state index is 0.0184. The molecule has 2 nitrogen and oxygen atoms in total. The third kappa shape index (κ3) is 7.29. The smallest absolute Gasteiger partial charge is 0.245 e. The zero-order valence-corrected chi connectivity index (χ0v) is 10.7. The van der Waals surface area contributed by atoms with Crippen LogP contribution in [0.15, 0.2) is 24.3 Å². The van der Waals surface area contributed by atoms with Crippen molar-refractivity contribution >= 4 is 0 Å². The second-order valence-electron chi connectivity index (χ2n) is 4.06. The van der Waals surface area contributed by atoms with Gasteiger partial charge in [-0.05, 0) is 19.4 Å². The van der Waals surface area contributed by atoms with Gasteiger partial charge in [-0.3, -0.25) is 0 Å². The van der Waals surface area contributed by atoms with Gasteiger partial charge in [0.05, 0.1) is 0 Å². The van der Waals surface area contributed by atoms with E-state index in [9.17, 15) is 13.2 Å². The molecule has 0 saturated carbocycles. The Labute approximate surface area is 106 Å². The Morgan fingerprint density at radius 1 is 1.33 bits per heavy atom. The van der Waals surface area contributed by atoms with Crippen molar-refractivity contribution in [3.8, 4) is 0 Å². The maximum atomic E-state index is 13.0. The van der Waals surface area contributed by atoms with Crippen LogP contribution in [0.5, 0.6) is 0 Å². The van der Waals surface area contributed by atoms with Crippen LogP contribution < -0.4 is 5.73 Å². The average Bonchev–Trinajstić information content (AvgIpc) is 2.30. The molecular formula is C13H20F3NO. The van der Waals surface area contributed by atoms with Crippen molar-refractivity contribution in [2.24, 2.45) is 5.73 Å². The Hall–Kier alpha value is -1.07. The van der Waals surface area contributed by atoms with Gasteiger partial charge in [0, 0.05) is 24.6 Å². The molecule has 0 aliphatic rings. The molecule has 3 N–H and O–H groups in total. The molecule has 0 heterocycles. The molecule has 0 aliphatic carbocycles. The molecule has 1 unspecified atom stereocenters. The quantitative estimate of drug-likeness (QED) is 0.875. The first-order valence-corrected chi connectivity index (χ1v) is 5.80. The summed E-state index contributed by atoms with van der Waals surface area (Å²) in [4.78, 5) is 0. The van der Waals surface area contributed by atoms with Gasteiger partial charge < -0.3 is 10.8 Å². The summed E-state index contributed by atoms with van der Waals surface area (Å²) in [7, 11) is 0. The molecule has 0 radical (unpaired) electrons. The fourth-order valence-electron chi connectivity index (χ4n) is 1.07. The number of aliphatic hydroxyl groups excluding tert-OH is 1. The van der Waals surface area contributed by atoms with Crippen LogP contribution in [-0.2, 0) is 0 Å². The number of aliphatic hydroxyl groups is 1. The van der Waals surface area contributed by atoms with Crippen LogP contribution in [-0.4, -0.2) is 17.6 Å². The molecule has 0 aromatic heterocycles. The topological polar surface area (TPSA) is 46.2 Å². The molecule has 0 fully saturated rings. The predicted octanol–water partition coefficient (Wildman–Crippen LogP) is 3.26. The third-order valence-corrected chi connectivity index (χ3v) is 2.37. The fraction of sp³-hybridized carbons (Fsp3) is 0.538. The van der Waals surface area contributed by atoms with Gasteiger partial charge in [0.1, 0.15) is 5.82 Å². The molecular weight excluding hydrogens is 243 g/mol. The minimum Gasteiger partial charge on any atom is -0.396 e. The van der Waals surface area contributed by atoms with Gasteiger partial charge in [-0.25, -0.2) is 13.2 Å². The van der Waals surface area contributed by atoms with Crippen LogP contribution in [0.1, 0.15) is 38.3 Å². The molecule has 0 bridgehead atoms. The highest BCUT2D eigenvalue weighted by Gasteiger charge is 2.15. The largest absolute Gasteiger partial charge is 0.396 e. The Bertz CT molecular complexity index is 339. The summed E-state index contributed by atoms with van der Waals surface area (Å²) in [6, 6.07) is 5.94. The maximum absolute atomic E-state index is 13.0. The molecule has 1 aromatic rings. The first-order valence-electron chi connectivity index (χ1n) is 5.80. The average molecular weight is 263 g/mol. The van der Waals surface area contributed by atoms with E-state index < -0.39 is 12.0 Å². The lowest BCUT2D eigenvalue weighted by atomic mass is 10.0. The van der Waals surface area contributed by atoms with E-state index in [4.69, 9.17) is 10.8 Å². The molecule has 1 rings (SSSR count). The van der Waals surface area contributed by atoms with Gasteiger partial charge in [-0.2, -0.15) is 0 Å². The number of hydrogen-bond acceptors (Lipinski definition) is 2. The molecule has 5 heteroatoms. The van der Waals surface area contributed by atoms with E-state index in [1.54, 1.807) is 18.2 Å². The van der Waals surface area contributed by atoms with E-state index in [1.807, 2.05) is 0 Å². The van der Waals surface area contributed by atoms with Crippen molar-refractivity contribution < 1.29 is 18.3 Å². The fourth-order valence-corrected chi connectivity index (χ4v) is 1.07. The minimum atomic E-state index is -2.46. The number of hydrogen-bond donors (Lipinski definition) is 2. The SMILES string of the molecule is CCC(C)(F)F.NC(CCO)c1ccccc1F. The Morgan fingerprint density at radius 3 is 2.22 bits per heavy atom. The highest BCUT2D eigenvalue weighted by Crippen LogP contribution is 2.16. The van der Waals surface area contributed by atoms with Crippen molar-refractivity contribution in [1.82, 2.24) is 0 Å².